The maximum Gasteiger partial charge on any atom is 0.416 e. The number of fused-ring (bicyclic) bond motifs is 4. The molecular weight excluding hydrogens is 701 g/mol. The summed E-state index contributed by atoms with van der Waals surface area (Å²) in [6.07, 6.45) is 3.86. The lowest BCUT2D eigenvalue weighted by Crippen LogP contribution is -2.50. The second-order valence-corrected chi connectivity index (χ2v) is 15.2. The number of benzene rings is 2. The number of rotatable bonds is 13. The van der Waals surface area contributed by atoms with Gasteiger partial charge in [-0.3, -0.25) is 4.99 Å². The number of ether oxygens (including phenoxy) is 5. The van der Waals surface area contributed by atoms with Crippen LogP contribution in [0, 0.1) is 0 Å². The van der Waals surface area contributed by atoms with Gasteiger partial charge < -0.3 is 38.6 Å². The highest BCUT2D eigenvalue weighted by Gasteiger charge is 2.44. The number of nitrogens with zero attached hydrogens (tertiary/aromatic N) is 4. The van der Waals surface area contributed by atoms with Crippen molar-refractivity contribution in [1.29, 1.82) is 0 Å². The SMILES string of the molecule is C=C1CC2C=Nc3cc(OCCCCCOc4cc5c(cc4OC)C(=C)N4CC(=C)CC4[C@H](O)N5C(=O)OC[C@@H](C)SS)c(OC)cc3C(=C)N2C1. The van der Waals surface area contributed by atoms with Gasteiger partial charge in [0.05, 0.1) is 50.9 Å². The van der Waals surface area contributed by atoms with Gasteiger partial charge in [-0.25, -0.2) is 9.69 Å². The van der Waals surface area contributed by atoms with Gasteiger partial charge in [-0.15, -0.1) is 11.7 Å². The number of hydrogen-bond acceptors (Lipinski definition) is 12. The van der Waals surface area contributed by atoms with Crippen molar-refractivity contribution >= 4 is 57.5 Å². The molecule has 2 fully saturated rings. The predicted molar refractivity (Wildman–Crippen MR) is 211 cm³/mol. The third-order valence-electron chi connectivity index (χ3n) is 9.84. The molecule has 278 valence electrons. The first-order valence-electron chi connectivity index (χ1n) is 17.5. The van der Waals surface area contributed by atoms with Crippen molar-refractivity contribution in [3.63, 3.8) is 0 Å². The molecule has 0 bridgehead atoms. The molecule has 2 aromatic carbocycles. The first-order chi connectivity index (χ1) is 25.0. The van der Waals surface area contributed by atoms with Crippen LogP contribution in [0.15, 0.2) is 66.7 Å². The molecule has 0 saturated carbocycles. The minimum atomic E-state index is -1.20. The Morgan fingerprint density at radius 2 is 1.52 bits per heavy atom. The molecule has 52 heavy (non-hydrogen) atoms. The van der Waals surface area contributed by atoms with Crippen LogP contribution in [0.4, 0.5) is 16.2 Å². The fourth-order valence-corrected chi connectivity index (χ4v) is 7.40. The molecule has 13 heteroatoms. The van der Waals surface area contributed by atoms with Gasteiger partial charge in [0.2, 0.25) is 0 Å². The number of methoxy groups -OCH3 is 2. The van der Waals surface area contributed by atoms with Crippen LogP contribution in [0.25, 0.3) is 11.4 Å². The minimum Gasteiger partial charge on any atom is -0.493 e. The predicted octanol–water partition coefficient (Wildman–Crippen LogP) is 7.49. The standard InChI is InChI=1S/C39H48N4O7S2/c1-23-13-28-19-40-31-17-36(34(46-6)15-29(31)26(4)41(28)20-23)48-11-9-8-10-12-49-37-18-32-30(16-35(37)47-7)27(5)42-21-24(2)14-33(42)38(44)43(32)39(45)50-22-25(3)52-51/h15-19,25,28,33,38,44,51H,1-2,4-5,8-14,20-22H2,3,6-7H3/t25-,28?,33?,38+/m1/s1. The van der Waals surface area contributed by atoms with E-state index in [0.29, 0.717) is 66.1 Å². The Morgan fingerprint density at radius 3 is 2.19 bits per heavy atom. The molecule has 4 heterocycles. The van der Waals surface area contributed by atoms with Crippen LogP contribution in [-0.4, -0.2) is 97.9 Å². The largest absolute Gasteiger partial charge is 0.493 e. The molecule has 0 spiro atoms. The second-order valence-electron chi connectivity index (χ2n) is 13.5. The number of hydrogen-bond donors (Lipinski definition) is 2. The third-order valence-corrected chi connectivity index (χ3v) is 11.4. The van der Waals surface area contributed by atoms with E-state index >= 15 is 0 Å². The summed E-state index contributed by atoms with van der Waals surface area (Å²) in [5.41, 5.74) is 6.50. The summed E-state index contributed by atoms with van der Waals surface area (Å²) in [5, 5.41) is 11.6. The summed E-state index contributed by atoms with van der Waals surface area (Å²) in [4.78, 5) is 23.9. The molecule has 4 atom stereocenters. The van der Waals surface area contributed by atoms with Gasteiger partial charge in [-0.05, 0) is 51.2 Å². The van der Waals surface area contributed by atoms with Crippen molar-refractivity contribution in [3.05, 3.63) is 72.9 Å². The summed E-state index contributed by atoms with van der Waals surface area (Å²) in [6.45, 7) is 21.2. The van der Waals surface area contributed by atoms with Gasteiger partial charge >= 0.3 is 6.09 Å². The highest BCUT2D eigenvalue weighted by molar-refractivity contribution is 8.68. The number of aliphatic imine (C=N–C) groups is 1. The summed E-state index contributed by atoms with van der Waals surface area (Å²) in [5.74, 6) is 2.21. The van der Waals surface area contributed by atoms with Crippen LogP contribution in [0.2, 0.25) is 0 Å². The molecular formula is C39H48N4O7S2. The smallest absolute Gasteiger partial charge is 0.416 e. The molecule has 2 saturated heterocycles. The van der Waals surface area contributed by atoms with E-state index in [0.717, 1.165) is 54.7 Å². The zero-order valence-electron chi connectivity index (χ0n) is 30.1. The number of unbranched alkanes of at least 4 members (excludes halogenated alkanes) is 2. The van der Waals surface area contributed by atoms with Crippen molar-refractivity contribution in [2.45, 2.75) is 62.6 Å². The van der Waals surface area contributed by atoms with Crippen LogP contribution in [0.1, 0.15) is 50.2 Å². The number of amides is 1. The second kappa shape index (κ2) is 16.2. The van der Waals surface area contributed by atoms with Gasteiger partial charge in [0.15, 0.2) is 29.2 Å². The molecule has 0 aromatic heterocycles. The lowest BCUT2D eigenvalue weighted by Gasteiger charge is -2.32. The lowest BCUT2D eigenvalue weighted by atomic mass is 10.1. The molecule has 0 radical (unpaired) electrons. The van der Waals surface area contributed by atoms with E-state index in [4.69, 9.17) is 28.7 Å². The summed E-state index contributed by atoms with van der Waals surface area (Å²) in [7, 11) is 4.50. The highest BCUT2D eigenvalue weighted by atomic mass is 33.1. The Labute approximate surface area is 315 Å². The first kappa shape index (κ1) is 37.6. The van der Waals surface area contributed by atoms with E-state index in [2.05, 4.69) is 42.9 Å². The fourth-order valence-electron chi connectivity index (χ4n) is 7.09. The molecule has 6 rings (SSSR count). The Morgan fingerprint density at radius 1 is 0.904 bits per heavy atom. The van der Waals surface area contributed by atoms with Gasteiger partial charge in [0.25, 0.3) is 0 Å². The van der Waals surface area contributed by atoms with E-state index in [9.17, 15) is 9.90 Å². The van der Waals surface area contributed by atoms with E-state index in [1.54, 1.807) is 26.4 Å². The van der Waals surface area contributed by atoms with Crippen molar-refractivity contribution in [1.82, 2.24) is 9.80 Å². The van der Waals surface area contributed by atoms with E-state index in [-0.39, 0.29) is 17.9 Å². The zero-order chi connectivity index (χ0) is 37.1. The van der Waals surface area contributed by atoms with E-state index < -0.39 is 18.4 Å². The van der Waals surface area contributed by atoms with Gasteiger partial charge in [-0.2, -0.15) is 0 Å². The van der Waals surface area contributed by atoms with Crippen LogP contribution in [0.5, 0.6) is 23.0 Å². The fraction of sp³-hybridized carbons (Fsp3) is 0.436. The molecule has 1 amide bonds. The third kappa shape index (κ3) is 7.62. The van der Waals surface area contributed by atoms with Crippen LogP contribution in [-0.2, 0) is 4.74 Å². The zero-order valence-corrected chi connectivity index (χ0v) is 31.8. The normalized spacial score (nSPS) is 21.2. The number of aliphatic hydroxyl groups is 1. The van der Waals surface area contributed by atoms with Gasteiger partial charge in [-0.1, -0.05) is 48.3 Å². The Bertz CT molecular complexity index is 1780. The quantitative estimate of drug-likeness (QED) is 0.0927. The van der Waals surface area contributed by atoms with Crippen molar-refractivity contribution < 1.29 is 33.6 Å². The number of anilines is 1. The molecule has 11 nitrogen and oxygen atoms in total. The van der Waals surface area contributed by atoms with Gasteiger partial charge in [0.1, 0.15) is 6.61 Å². The number of carbonyl (C=O) groups excluding carboxylic acids is 1. The molecule has 0 aliphatic carbocycles. The minimum absolute atomic E-state index is 0.0346. The van der Waals surface area contributed by atoms with Crippen molar-refractivity contribution in [3.8, 4) is 23.0 Å². The average Bonchev–Trinajstić information content (AvgIpc) is 3.68. The average molecular weight is 749 g/mol. The number of thiol groups is 1. The summed E-state index contributed by atoms with van der Waals surface area (Å²) in [6, 6.07) is 7.14. The number of aliphatic hydroxyl groups excluding tert-OH is 1. The monoisotopic (exact) mass is 748 g/mol. The molecule has 2 unspecified atom stereocenters. The topological polar surface area (TPSA) is 106 Å². The maximum atomic E-state index is 13.6. The van der Waals surface area contributed by atoms with Crippen molar-refractivity contribution in [2.24, 2.45) is 4.99 Å². The Hall–Kier alpha value is -4.20. The van der Waals surface area contributed by atoms with Crippen molar-refractivity contribution in [2.75, 3.05) is 52.0 Å². The molecule has 4 aliphatic rings. The highest BCUT2D eigenvalue weighted by Crippen LogP contribution is 2.46. The maximum absolute atomic E-state index is 13.6. The molecule has 2 aromatic rings. The van der Waals surface area contributed by atoms with E-state index in [1.807, 2.05) is 30.2 Å². The Kier molecular flexibility index (Phi) is 11.7. The van der Waals surface area contributed by atoms with Gasteiger partial charge in [0, 0.05) is 59.2 Å². The van der Waals surface area contributed by atoms with Crippen LogP contribution in [0.3, 0.4) is 0 Å². The van der Waals surface area contributed by atoms with E-state index in [1.165, 1.54) is 21.3 Å². The Balaban J connectivity index is 1.09. The molecule has 1 N–H and O–H groups in total. The van der Waals surface area contributed by atoms with Crippen LogP contribution < -0.4 is 23.8 Å². The first-order valence-corrected chi connectivity index (χ1v) is 19.4. The lowest BCUT2D eigenvalue weighted by molar-refractivity contribution is 0.0838. The van der Waals surface area contributed by atoms with Crippen LogP contribution >= 0.6 is 22.5 Å². The summed E-state index contributed by atoms with van der Waals surface area (Å²) < 4.78 is 29.5. The summed E-state index contributed by atoms with van der Waals surface area (Å²) >= 11 is 4.23. The molecule has 4 aliphatic heterocycles. The number of carbonyl (C=O) groups is 1.